The molecule has 12 nitrogen and oxygen atoms in total. The topological polar surface area (TPSA) is 138 Å². The Labute approximate surface area is 229 Å². The summed E-state index contributed by atoms with van der Waals surface area (Å²) in [5.74, 6) is -0.723. The van der Waals surface area contributed by atoms with Crippen molar-refractivity contribution in [1.29, 1.82) is 0 Å². The SMILES string of the molecule is CCCCN(CCN)C(=O)CN1C[C@H](c2cc(OC)c3c(c2)OCO3)C(C(=O)O)[C@@H]1CCN1CCN(C)C1=O. The Balaban J connectivity index is 1.62. The van der Waals surface area contributed by atoms with Crippen molar-refractivity contribution in [3.8, 4) is 17.2 Å². The molecule has 3 N–H and O–H groups in total. The number of fused-ring (bicyclic) bond motifs is 1. The average Bonchev–Trinajstić information content (AvgIpc) is 3.62. The van der Waals surface area contributed by atoms with E-state index < -0.39 is 23.8 Å². The van der Waals surface area contributed by atoms with Crippen molar-refractivity contribution >= 4 is 17.9 Å². The Morgan fingerprint density at radius 3 is 2.67 bits per heavy atom. The normalized spacial score (nSPS) is 22.6. The van der Waals surface area contributed by atoms with Gasteiger partial charge in [-0.25, -0.2) is 4.79 Å². The van der Waals surface area contributed by atoms with Gasteiger partial charge in [0.2, 0.25) is 18.4 Å². The van der Waals surface area contributed by atoms with Crippen LogP contribution in [0, 0.1) is 5.92 Å². The highest BCUT2D eigenvalue weighted by Crippen LogP contribution is 2.47. The quantitative estimate of drug-likeness (QED) is 0.373. The zero-order chi connectivity index (χ0) is 28.1. The van der Waals surface area contributed by atoms with E-state index in [0.29, 0.717) is 69.5 Å². The Kier molecular flexibility index (Phi) is 9.39. The fourth-order valence-electron chi connectivity index (χ4n) is 5.89. The lowest BCUT2D eigenvalue weighted by molar-refractivity contribution is -0.143. The van der Waals surface area contributed by atoms with Gasteiger partial charge < -0.3 is 39.8 Å². The first kappa shape index (κ1) is 28.8. The number of amides is 3. The number of rotatable bonds is 13. The molecule has 4 rings (SSSR count). The third kappa shape index (κ3) is 6.17. The van der Waals surface area contributed by atoms with E-state index in [1.54, 1.807) is 27.8 Å². The highest BCUT2D eigenvalue weighted by molar-refractivity contribution is 5.79. The van der Waals surface area contributed by atoms with Gasteiger partial charge in [-0.2, -0.15) is 0 Å². The number of methoxy groups -OCH3 is 1. The number of carboxylic acid groups (broad SMARTS) is 1. The summed E-state index contributed by atoms with van der Waals surface area (Å²) in [6.45, 7) is 5.68. The van der Waals surface area contributed by atoms with Gasteiger partial charge in [-0.3, -0.25) is 14.5 Å². The van der Waals surface area contributed by atoms with Crippen LogP contribution in [0.4, 0.5) is 4.79 Å². The minimum Gasteiger partial charge on any atom is -0.493 e. The van der Waals surface area contributed by atoms with Crippen LogP contribution in [-0.4, -0.2) is 122 Å². The summed E-state index contributed by atoms with van der Waals surface area (Å²) in [7, 11) is 3.29. The highest BCUT2D eigenvalue weighted by atomic mass is 16.7. The minimum atomic E-state index is -0.939. The second-order valence-corrected chi connectivity index (χ2v) is 10.4. The number of likely N-dealkylation sites (tertiary alicyclic amines) is 1. The van der Waals surface area contributed by atoms with Gasteiger partial charge in [0.1, 0.15) is 0 Å². The number of urea groups is 1. The third-order valence-corrected chi connectivity index (χ3v) is 8.01. The number of ether oxygens (including phenoxy) is 3. The van der Waals surface area contributed by atoms with Crippen molar-refractivity contribution in [2.75, 3.05) is 73.3 Å². The summed E-state index contributed by atoms with van der Waals surface area (Å²) in [5.41, 5.74) is 6.54. The first-order valence-corrected chi connectivity index (χ1v) is 13.7. The van der Waals surface area contributed by atoms with E-state index in [1.807, 2.05) is 11.0 Å². The monoisotopic (exact) mass is 547 g/mol. The molecule has 0 aromatic heterocycles. The lowest BCUT2D eigenvalue weighted by Crippen LogP contribution is -2.46. The Morgan fingerprint density at radius 2 is 2.03 bits per heavy atom. The van der Waals surface area contributed by atoms with Gasteiger partial charge in [0, 0.05) is 64.8 Å². The summed E-state index contributed by atoms with van der Waals surface area (Å²) in [5, 5.41) is 10.5. The molecule has 3 heterocycles. The molecule has 3 atom stereocenters. The maximum atomic E-state index is 13.4. The number of hydrogen-bond acceptors (Lipinski definition) is 8. The molecular formula is C27H41N5O7. The van der Waals surface area contributed by atoms with Crippen molar-refractivity contribution in [1.82, 2.24) is 19.6 Å². The lowest BCUT2D eigenvalue weighted by atomic mass is 9.84. The Bertz CT molecular complexity index is 1050. The predicted octanol–water partition coefficient (Wildman–Crippen LogP) is 1.24. The van der Waals surface area contributed by atoms with E-state index >= 15 is 0 Å². The summed E-state index contributed by atoms with van der Waals surface area (Å²) in [4.78, 5) is 45.9. The van der Waals surface area contributed by atoms with Gasteiger partial charge in [-0.05, 0) is 30.5 Å². The predicted molar refractivity (Wildman–Crippen MR) is 143 cm³/mol. The molecule has 3 aliphatic heterocycles. The number of carbonyl (C=O) groups excluding carboxylic acids is 2. The number of carbonyl (C=O) groups is 3. The van der Waals surface area contributed by atoms with Gasteiger partial charge in [0.05, 0.1) is 19.6 Å². The van der Waals surface area contributed by atoms with Crippen LogP contribution in [0.2, 0.25) is 0 Å². The number of nitrogens with zero attached hydrogens (tertiary/aromatic N) is 4. The molecule has 1 aromatic carbocycles. The van der Waals surface area contributed by atoms with E-state index in [0.717, 1.165) is 18.4 Å². The van der Waals surface area contributed by atoms with Crippen LogP contribution in [0.25, 0.3) is 0 Å². The zero-order valence-corrected chi connectivity index (χ0v) is 23.1. The Hall–Kier alpha value is -3.25. The molecule has 0 spiro atoms. The largest absolute Gasteiger partial charge is 0.493 e. The van der Waals surface area contributed by atoms with E-state index in [2.05, 4.69) is 6.92 Å². The number of benzene rings is 1. The fraction of sp³-hybridized carbons (Fsp3) is 0.667. The number of carboxylic acids is 1. The van der Waals surface area contributed by atoms with Crippen LogP contribution in [-0.2, 0) is 9.59 Å². The number of unbranched alkanes of at least 4 members (excludes halogenated alkanes) is 1. The molecule has 216 valence electrons. The van der Waals surface area contributed by atoms with Gasteiger partial charge in [0.25, 0.3) is 0 Å². The van der Waals surface area contributed by atoms with E-state index in [9.17, 15) is 19.5 Å². The molecule has 0 radical (unpaired) electrons. The van der Waals surface area contributed by atoms with Gasteiger partial charge >= 0.3 is 12.0 Å². The molecule has 0 saturated carbocycles. The van der Waals surface area contributed by atoms with Crippen molar-refractivity contribution < 1.29 is 33.7 Å². The van der Waals surface area contributed by atoms with E-state index in [4.69, 9.17) is 19.9 Å². The molecule has 1 unspecified atom stereocenters. The maximum Gasteiger partial charge on any atom is 0.319 e. The first-order chi connectivity index (χ1) is 18.8. The second-order valence-electron chi connectivity index (χ2n) is 10.4. The first-order valence-electron chi connectivity index (χ1n) is 13.7. The van der Waals surface area contributed by atoms with E-state index in [1.165, 1.54) is 7.11 Å². The third-order valence-electron chi connectivity index (χ3n) is 8.01. The summed E-state index contributed by atoms with van der Waals surface area (Å²) in [6, 6.07) is 3.11. The van der Waals surface area contributed by atoms with Gasteiger partial charge in [0.15, 0.2) is 11.5 Å². The molecule has 0 bridgehead atoms. The summed E-state index contributed by atoms with van der Waals surface area (Å²) >= 11 is 0. The van der Waals surface area contributed by atoms with Crippen LogP contribution in [0.1, 0.15) is 37.7 Å². The van der Waals surface area contributed by atoms with Crippen molar-refractivity contribution in [3.05, 3.63) is 17.7 Å². The van der Waals surface area contributed by atoms with Crippen LogP contribution in [0.15, 0.2) is 12.1 Å². The molecule has 1 aromatic rings. The lowest BCUT2D eigenvalue weighted by Gasteiger charge is -2.30. The smallest absolute Gasteiger partial charge is 0.319 e. The van der Waals surface area contributed by atoms with Crippen LogP contribution in [0.5, 0.6) is 17.2 Å². The molecule has 3 aliphatic rings. The Morgan fingerprint density at radius 1 is 1.23 bits per heavy atom. The molecule has 3 amide bonds. The summed E-state index contributed by atoms with van der Waals surface area (Å²) in [6.07, 6.45) is 2.26. The minimum absolute atomic E-state index is 0.0618. The number of likely N-dealkylation sites (N-methyl/N-ethyl adjacent to an activating group) is 1. The second kappa shape index (κ2) is 12.7. The van der Waals surface area contributed by atoms with Gasteiger partial charge in [-0.15, -0.1) is 0 Å². The fourth-order valence-corrected chi connectivity index (χ4v) is 5.89. The van der Waals surface area contributed by atoms with Crippen molar-refractivity contribution in [2.24, 2.45) is 11.7 Å². The molecule has 2 fully saturated rings. The summed E-state index contributed by atoms with van der Waals surface area (Å²) < 4.78 is 16.6. The van der Waals surface area contributed by atoms with Crippen LogP contribution < -0.4 is 19.9 Å². The molecule has 0 aliphatic carbocycles. The van der Waals surface area contributed by atoms with E-state index in [-0.39, 0.29) is 25.3 Å². The molecular weight excluding hydrogens is 506 g/mol. The van der Waals surface area contributed by atoms with Crippen molar-refractivity contribution in [2.45, 2.75) is 38.1 Å². The molecule has 2 saturated heterocycles. The number of aliphatic carboxylic acids is 1. The number of nitrogens with two attached hydrogens (primary N) is 1. The van der Waals surface area contributed by atoms with Gasteiger partial charge in [-0.1, -0.05) is 13.3 Å². The average molecular weight is 548 g/mol. The van der Waals surface area contributed by atoms with Crippen LogP contribution >= 0.6 is 0 Å². The number of hydrogen-bond donors (Lipinski definition) is 2. The highest BCUT2D eigenvalue weighted by Gasteiger charge is 2.48. The molecule has 39 heavy (non-hydrogen) atoms. The van der Waals surface area contributed by atoms with Crippen LogP contribution in [0.3, 0.4) is 0 Å². The zero-order valence-electron chi connectivity index (χ0n) is 23.1. The van der Waals surface area contributed by atoms with Crippen molar-refractivity contribution in [3.63, 3.8) is 0 Å². The molecule has 12 heteroatoms. The standard InChI is InChI=1S/C27H41N5O7/c1-4-5-8-30(10-7-28)23(33)16-32-15-19(18-13-21(37-3)25-22(14-18)38-17-39-25)24(26(34)35)20(32)6-9-31-12-11-29(2)27(31)36/h13-14,19-20,24H,4-12,15-17,28H2,1-3H3,(H,34,35)/t19-,20+,24?/m1/s1. The maximum absolute atomic E-state index is 13.4.